The Morgan fingerprint density at radius 2 is 0.573 bits per heavy atom. The number of ether oxygens (including phenoxy) is 4. The number of hydrogen-bond donors (Lipinski definition) is 8. The molecule has 11 fully saturated rings. The van der Waals surface area contributed by atoms with Crippen molar-refractivity contribution in [1.29, 1.82) is 0 Å². The zero-order valence-corrected chi connectivity index (χ0v) is 65.8. The Morgan fingerprint density at radius 1 is 0.364 bits per heavy atom. The van der Waals surface area contributed by atoms with E-state index in [-0.39, 0.29) is 103 Å². The van der Waals surface area contributed by atoms with Crippen LogP contribution in [0.4, 0.5) is 38.4 Å². The van der Waals surface area contributed by atoms with Crippen LogP contribution in [0.25, 0.3) is 0 Å². The first-order chi connectivity index (χ1) is 52.3. The van der Waals surface area contributed by atoms with Gasteiger partial charge in [-0.3, -0.25) is 78.4 Å². The fourth-order valence-electron chi connectivity index (χ4n) is 18.0. The zero-order valence-electron chi connectivity index (χ0n) is 61.0. The average molecular weight is 1720 g/mol. The number of nitrogens with zero attached hydrogens (tertiary/aromatic N) is 16. The summed E-state index contributed by atoms with van der Waals surface area (Å²) in [5, 5.41) is 52.1. The second-order valence-electron chi connectivity index (χ2n) is 29.0. The largest absolute Gasteiger partial charge is 0.748 e. The molecule has 13 heterocycles. The number of amides is 16. The number of carbonyl (C=O) groups is 8. The molecule has 46 heteroatoms. The summed E-state index contributed by atoms with van der Waals surface area (Å²) in [6.07, 6.45) is -5.21. The number of nitrogens with one attached hydrogen (secondary N) is 2. The van der Waals surface area contributed by atoms with E-state index in [0.717, 1.165) is 9.80 Å². The van der Waals surface area contributed by atoms with Crippen molar-refractivity contribution in [3.63, 3.8) is 0 Å². The Labute approximate surface area is 650 Å². The highest BCUT2D eigenvalue weighted by molar-refractivity contribution is 9.09. The van der Waals surface area contributed by atoms with Gasteiger partial charge in [-0.05, 0) is 64.8 Å². The minimum Gasteiger partial charge on any atom is -0.748 e. The number of benzene rings is 2. The number of alkyl halides is 2. The SMILES string of the molecule is CC12N3Cc4c(OCCBr)ccc(OCCBr)c4CN1C(=O)N1CN4C(=O)N5CN6C(=O)N7CN8C(=O)N9Cc%10c(OCCCS(=O)(=O)[O-])ccc(OCCCS(=O)(=O)[O-])c%10CN%10C(=O)N(CN%11C(=O)N(CN%12C(=O)N(CN(C3=O)C12C)C4C%125)C6C%117)C8(C)C%109C.OCC[NH+](CCO)CCO.OCC[NH+](CCO)CCO. The first-order valence-corrected chi connectivity index (χ1v) is 41.5. The summed E-state index contributed by atoms with van der Waals surface area (Å²) >= 11 is 6.87. The second kappa shape index (κ2) is 30.6. The summed E-state index contributed by atoms with van der Waals surface area (Å²) in [5.74, 6) is -0.188. The third kappa shape index (κ3) is 12.8. The second-order valence-corrected chi connectivity index (χ2v) is 33.7. The summed E-state index contributed by atoms with van der Waals surface area (Å²) in [6.45, 7) is 7.72. The van der Waals surface area contributed by atoms with E-state index in [1.54, 1.807) is 49.6 Å². The Morgan fingerprint density at radius 3 is 0.782 bits per heavy atom. The molecule has 0 saturated carbocycles. The molecule has 608 valence electrons. The minimum absolute atomic E-state index is 0.0203. The number of aliphatic hydroxyl groups is 6. The molecule has 42 nitrogen and oxygen atoms in total. The number of fused-ring (bicyclic) bond motifs is 2. The molecule has 15 rings (SSSR count). The van der Waals surface area contributed by atoms with Crippen LogP contribution in [0.2, 0.25) is 0 Å². The van der Waals surface area contributed by atoms with Gasteiger partial charge in [-0.25, -0.2) is 55.2 Å². The van der Waals surface area contributed by atoms with Gasteiger partial charge < -0.3 is 68.5 Å². The fourth-order valence-corrected chi connectivity index (χ4v) is 19.3. The van der Waals surface area contributed by atoms with E-state index in [1.807, 2.05) is 0 Å². The van der Waals surface area contributed by atoms with Crippen LogP contribution in [-0.2, 0) is 46.4 Å². The van der Waals surface area contributed by atoms with Gasteiger partial charge in [-0.2, -0.15) is 0 Å². The standard InChI is InChI=1S/C52H62Br2N16O18S2.2C6H15NO3/c1-49-51(3)67-25-59-39-37-55(41(59)71)23-57-38-40-61(43(57)73)27-69-47(77)65-21-31-32(36(88-16-12-54)10-9-35(31)87-15-11-53)22-66-48(78)70(52(69,4)50(65,66)2)28-62(40)44(74)58(38)24-56(37)42(72)60(39)26-68(51)46(76)64(49)20-30-29(19-63(49)45(67)75)33(85-13-5-17-89(79,80)81)7-8-34(30)86-14-6-18-90(82,83)84;2*8-4-1-7(2-5-9)3-6-10/h7-10,37-40H,5-6,11-28H2,1-4H3,(H,79,80,81)(H,82,83,84);2*8-10H,1-6H2. The molecule has 8 N–H and O–H groups in total. The summed E-state index contributed by atoms with van der Waals surface area (Å²) < 4.78 is 93.7. The van der Waals surface area contributed by atoms with Gasteiger partial charge in [-0.15, -0.1) is 0 Å². The van der Waals surface area contributed by atoms with Crippen LogP contribution in [0, 0.1) is 0 Å². The molecule has 0 radical (unpaired) electrons. The van der Waals surface area contributed by atoms with E-state index in [2.05, 4.69) is 31.9 Å². The van der Waals surface area contributed by atoms with Crippen molar-refractivity contribution in [3.8, 4) is 23.0 Å². The number of urea groups is 8. The maximum atomic E-state index is 15.6. The number of rotatable bonds is 28. The van der Waals surface area contributed by atoms with Crippen molar-refractivity contribution in [3.05, 3.63) is 46.5 Å². The monoisotopic (exact) mass is 1720 g/mol. The molecular weight excluding hydrogens is 1630 g/mol. The van der Waals surface area contributed by atoms with E-state index in [1.165, 1.54) is 80.7 Å². The zero-order chi connectivity index (χ0) is 79.2. The predicted octanol–water partition coefficient (Wildman–Crippen LogP) is -4.86. The van der Waals surface area contributed by atoms with Crippen LogP contribution in [0.5, 0.6) is 23.0 Å². The van der Waals surface area contributed by atoms with Gasteiger partial charge in [0.1, 0.15) is 102 Å². The van der Waals surface area contributed by atoms with E-state index in [0.29, 0.717) is 96.9 Å². The van der Waals surface area contributed by atoms with Crippen molar-refractivity contribution in [2.24, 2.45) is 0 Å². The molecule has 13 aliphatic heterocycles. The highest BCUT2D eigenvalue weighted by atomic mass is 79.9. The molecule has 0 bridgehead atoms. The molecule has 0 spiro atoms. The van der Waals surface area contributed by atoms with E-state index in [9.17, 15) is 25.9 Å². The predicted molar refractivity (Wildman–Crippen MR) is 380 cm³/mol. The molecule has 0 aromatic heterocycles. The molecular formula is C64H92Br2N18O24S2. The fraction of sp³-hybridized carbons (Fsp3) is 0.688. The third-order valence-electron chi connectivity index (χ3n) is 23.7. The lowest BCUT2D eigenvalue weighted by Crippen LogP contribution is -3.13. The maximum absolute atomic E-state index is 15.6. The summed E-state index contributed by atoms with van der Waals surface area (Å²) in [6, 6.07) is 1.45. The summed E-state index contributed by atoms with van der Waals surface area (Å²) in [5.41, 5.74) is -4.38. The van der Waals surface area contributed by atoms with Crippen molar-refractivity contribution in [1.82, 2.24) is 78.4 Å². The van der Waals surface area contributed by atoms with E-state index in [4.69, 9.17) is 49.6 Å². The van der Waals surface area contributed by atoms with Gasteiger partial charge in [0.2, 0.25) is 0 Å². The van der Waals surface area contributed by atoms with Crippen LogP contribution >= 0.6 is 31.9 Å². The molecule has 16 amide bonds. The number of quaternary nitrogens is 2. The minimum atomic E-state index is -4.61. The van der Waals surface area contributed by atoms with Crippen LogP contribution in [0.15, 0.2) is 24.3 Å². The highest BCUT2D eigenvalue weighted by Crippen LogP contribution is 2.60. The molecule has 13 aliphatic rings. The quantitative estimate of drug-likeness (QED) is 0.0225. The Kier molecular flexibility index (Phi) is 22.4. The third-order valence-corrected chi connectivity index (χ3v) is 25.9. The van der Waals surface area contributed by atoms with Crippen LogP contribution < -0.4 is 28.7 Å². The molecule has 110 heavy (non-hydrogen) atoms. The Hall–Kier alpha value is -7.74. The van der Waals surface area contributed by atoms with Crippen molar-refractivity contribution in [2.45, 2.75) is 114 Å². The molecule has 0 unspecified atom stereocenters. The van der Waals surface area contributed by atoms with Crippen molar-refractivity contribution >= 4 is 100 Å². The molecule has 2 aromatic carbocycles. The molecule has 11 saturated heterocycles. The van der Waals surface area contributed by atoms with Crippen LogP contribution in [0.3, 0.4) is 0 Å². The van der Waals surface area contributed by atoms with Gasteiger partial charge in [0.25, 0.3) is 0 Å². The van der Waals surface area contributed by atoms with Crippen LogP contribution in [-0.4, -0.2) is 398 Å². The summed E-state index contributed by atoms with van der Waals surface area (Å²) in [7, 11) is -9.22. The van der Waals surface area contributed by atoms with E-state index >= 15 is 38.4 Å². The Bertz CT molecular complexity index is 3940. The van der Waals surface area contributed by atoms with Gasteiger partial charge in [0, 0.05) is 44.4 Å². The number of carbonyl (C=O) groups excluding carboxylic acids is 8. The van der Waals surface area contributed by atoms with Crippen molar-refractivity contribution < 1.29 is 124 Å². The van der Waals surface area contributed by atoms with Gasteiger partial charge in [0.05, 0.1) is 112 Å². The number of aliphatic hydroxyl groups excluding tert-OH is 6. The lowest BCUT2D eigenvalue weighted by atomic mass is 9.95. The van der Waals surface area contributed by atoms with Gasteiger partial charge in [0.15, 0.2) is 47.3 Å². The van der Waals surface area contributed by atoms with Gasteiger partial charge in [-0.1, -0.05) is 31.9 Å². The molecule has 0 atom stereocenters. The average Bonchev–Trinajstić information content (AvgIpc) is 1.49. The van der Waals surface area contributed by atoms with Gasteiger partial charge >= 0.3 is 48.2 Å². The molecule has 0 aliphatic carbocycles. The highest BCUT2D eigenvalue weighted by Gasteiger charge is 2.80. The lowest BCUT2D eigenvalue weighted by molar-refractivity contribution is -0.901. The topological polar surface area (TPSA) is 470 Å². The number of halogens is 2. The van der Waals surface area contributed by atoms with Crippen LogP contribution in [0.1, 0.15) is 62.8 Å². The molecule has 2 aromatic rings. The lowest BCUT2D eigenvalue weighted by Gasteiger charge is -2.49. The normalized spacial score (nSPS) is 27.2. The van der Waals surface area contributed by atoms with Crippen molar-refractivity contribution in [2.75, 3.05) is 168 Å². The van der Waals surface area contributed by atoms with E-state index < -0.39 is 167 Å². The first-order valence-electron chi connectivity index (χ1n) is 36.1. The smallest absolute Gasteiger partial charge is 0.326 e. The number of hydrogen-bond acceptors (Lipinski definition) is 24. The first kappa shape index (κ1) is 80.3. The Balaban J connectivity index is 0.000000469. The maximum Gasteiger partial charge on any atom is 0.326 e. The summed E-state index contributed by atoms with van der Waals surface area (Å²) in [4.78, 5) is 149.